The van der Waals surface area contributed by atoms with Crippen LogP contribution >= 0.6 is 0 Å². The summed E-state index contributed by atoms with van der Waals surface area (Å²) >= 11 is 0. The molecular weight excluding hydrogens is 237 g/mol. The van der Waals surface area contributed by atoms with Gasteiger partial charge in [0.05, 0.1) is 12.5 Å². The topological polar surface area (TPSA) is 49.4 Å². The Labute approximate surface area is 97.1 Å². The van der Waals surface area contributed by atoms with Crippen LogP contribution in [0.2, 0.25) is 0 Å². The molecule has 98 valence electrons. The van der Waals surface area contributed by atoms with Crippen LogP contribution in [0.25, 0.3) is 0 Å². The van der Waals surface area contributed by atoms with E-state index in [9.17, 15) is 22.8 Å². The highest BCUT2D eigenvalue weighted by Crippen LogP contribution is 2.21. The lowest BCUT2D eigenvalue weighted by Crippen LogP contribution is -2.39. The van der Waals surface area contributed by atoms with Gasteiger partial charge in [-0.1, -0.05) is 0 Å². The van der Waals surface area contributed by atoms with Gasteiger partial charge in [0.1, 0.15) is 0 Å². The minimum absolute atomic E-state index is 0.0404. The zero-order valence-corrected chi connectivity index (χ0v) is 9.51. The molecule has 0 aromatic heterocycles. The average Bonchev–Trinajstić information content (AvgIpc) is 2.47. The predicted octanol–water partition coefficient (Wildman–Crippen LogP) is 1.07. The van der Waals surface area contributed by atoms with Crippen molar-refractivity contribution in [1.82, 2.24) is 10.2 Å². The Morgan fingerprint density at radius 2 is 2.06 bits per heavy atom. The first-order chi connectivity index (χ1) is 7.85. The van der Waals surface area contributed by atoms with Crippen molar-refractivity contribution in [3.05, 3.63) is 0 Å². The van der Waals surface area contributed by atoms with E-state index in [4.69, 9.17) is 0 Å². The minimum atomic E-state index is -4.17. The van der Waals surface area contributed by atoms with Gasteiger partial charge in [-0.3, -0.25) is 14.5 Å². The van der Waals surface area contributed by atoms with E-state index in [0.29, 0.717) is 6.54 Å². The number of rotatable bonds is 5. The Balaban J connectivity index is 2.30. The van der Waals surface area contributed by atoms with E-state index in [1.165, 1.54) is 0 Å². The molecule has 1 atom stereocenters. The van der Waals surface area contributed by atoms with Gasteiger partial charge in [0.2, 0.25) is 11.8 Å². The van der Waals surface area contributed by atoms with Gasteiger partial charge in [0.15, 0.2) is 0 Å². The molecule has 0 saturated carbocycles. The van der Waals surface area contributed by atoms with Gasteiger partial charge in [0, 0.05) is 13.0 Å². The molecule has 0 aromatic carbocycles. The van der Waals surface area contributed by atoms with Gasteiger partial charge >= 0.3 is 6.18 Å². The number of nitrogens with zero attached hydrogens (tertiary/aromatic N) is 1. The van der Waals surface area contributed by atoms with Gasteiger partial charge in [-0.25, -0.2) is 0 Å². The number of alkyl halides is 3. The normalized spacial score (nSPS) is 21.4. The Morgan fingerprint density at radius 3 is 2.53 bits per heavy atom. The first-order valence-electron chi connectivity index (χ1n) is 5.49. The van der Waals surface area contributed by atoms with Crippen LogP contribution in [0.15, 0.2) is 0 Å². The number of carbonyl (C=O) groups excluding carboxylic acids is 2. The summed E-state index contributed by atoms with van der Waals surface area (Å²) in [4.78, 5) is 24.0. The highest BCUT2D eigenvalue weighted by Gasteiger charge is 2.37. The molecule has 0 aliphatic carbocycles. The van der Waals surface area contributed by atoms with E-state index < -0.39 is 18.6 Å². The molecule has 1 rings (SSSR count). The van der Waals surface area contributed by atoms with E-state index in [-0.39, 0.29) is 31.2 Å². The minimum Gasteiger partial charge on any atom is -0.305 e. The molecule has 17 heavy (non-hydrogen) atoms. The summed E-state index contributed by atoms with van der Waals surface area (Å²) in [6, 6.07) is -0.657. The molecule has 0 spiro atoms. The maximum atomic E-state index is 11.9. The summed E-state index contributed by atoms with van der Waals surface area (Å²) < 4.78 is 35.6. The summed E-state index contributed by atoms with van der Waals surface area (Å²) in [6.45, 7) is 2.07. The van der Waals surface area contributed by atoms with Gasteiger partial charge in [-0.2, -0.15) is 13.2 Å². The molecular formula is C10H15F3N2O2. The summed E-state index contributed by atoms with van der Waals surface area (Å²) in [5.74, 6) is -0.615. The van der Waals surface area contributed by atoms with E-state index in [0.717, 1.165) is 4.90 Å². The Morgan fingerprint density at radius 1 is 1.41 bits per heavy atom. The smallest absolute Gasteiger partial charge is 0.305 e. The molecule has 0 aromatic rings. The quantitative estimate of drug-likeness (QED) is 0.588. The monoisotopic (exact) mass is 252 g/mol. The molecule has 0 bridgehead atoms. The number of imide groups is 1. The highest BCUT2D eigenvalue weighted by atomic mass is 19.4. The lowest BCUT2D eigenvalue weighted by atomic mass is 10.2. The van der Waals surface area contributed by atoms with Crippen LogP contribution in [-0.2, 0) is 9.59 Å². The summed E-state index contributed by atoms with van der Waals surface area (Å²) in [5.41, 5.74) is 0. The molecule has 0 radical (unpaired) electrons. The molecule has 1 fully saturated rings. The number of amides is 2. The second-order valence-electron chi connectivity index (χ2n) is 3.91. The second-order valence-corrected chi connectivity index (χ2v) is 3.91. The number of carbonyl (C=O) groups is 2. The van der Waals surface area contributed by atoms with E-state index >= 15 is 0 Å². The maximum absolute atomic E-state index is 11.9. The number of likely N-dealkylation sites (tertiary alicyclic amines) is 1. The van der Waals surface area contributed by atoms with Crippen LogP contribution in [-0.4, -0.2) is 42.0 Å². The highest BCUT2D eigenvalue weighted by molar-refractivity contribution is 6.05. The van der Waals surface area contributed by atoms with E-state index in [2.05, 4.69) is 5.32 Å². The van der Waals surface area contributed by atoms with Crippen molar-refractivity contribution in [1.29, 1.82) is 0 Å². The third kappa shape index (κ3) is 3.99. The van der Waals surface area contributed by atoms with Gasteiger partial charge < -0.3 is 5.32 Å². The molecule has 1 heterocycles. The standard InChI is InChI=1S/C10H15F3N2O2/c1-2-15-8(16)6-7(9(15)17)14-5-3-4-10(11,12)13/h7,14H,2-6H2,1H3. The van der Waals surface area contributed by atoms with Crippen molar-refractivity contribution in [2.24, 2.45) is 0 Å². The van der Waals surface area contributed by atoms with Crippen molar-refractivity contribution in [3.8, 4) is 0 Å². The lowest BCUT2D eigenvalue weighted by Gasteiger charge is -2.13. The van der Waals surface area contributed by atoms with Crippen LogP contribution in [0.1, 0.15) is 26.2 Å². The molecule has 1 aliphatic heterocycles. The van der Waals surface area contributed by atoms with Crippen LogP contribution in [0.4, 0.5) is 13.2 Å². The summed E-state index contributed by atoms with van der Waals surface area (Å²) in [6.07, 6.45) is -5.11. The molecule has 7 heteroatoms. The molecule has 1 saturated heterocycles. The zero-order valence-electron chi connectivity index (χ0n) is 9.51. The molecule has 2 amide bonds. The van der Waals surface area contributed by atoms with Gasteiger partial charge in [-0.05, 0) is 19.9 Å². The first kappa shape index (κ1) is 14.0. The zero-order chi connectivity index (χ0) is 13.1. The number of nitrogens with one attached hydrogen (secondary N) is 1. The number of likely N-dealkylation sites (N-methyl/N-ethyl adjacent to an activating group) is 1. The fourth-order valence-corrected chi connectivity index (χ4v) is 1.74. The third-order valence-electron chi connectivity index (χ3n) is 2.59. The van der Waals surface area contributed by atoms with Crippen LogP contribution in [0.5, 0.6) is 0 Å². The van der Waals surface area contributed by atoms with E-state index in [1.54, 1.807) is 6.92 Å². The third-order valence-corrected chi connectivity index (χ3v) is 2.59. The largest absolute Gasteiger partial charge is 0.389 e. The Hall–Kier alpha value is -1.11. The van der Waals surface area contributed by atoms with Crippen LogP contribution < -0.4 is 5.32 Å². The first-order valence-corrected chi connectivity index (χ1v) is 5.49. The fraction of sp³-hybridized carbons (Fsp3) is 0.800. The van der Waals surface area contributed by atoms with Crippen molar-refractivity contribution in [2.75, 3.05) is 13.1 Å². The van der Waals surface area contributed by atoms with Gasteiger partial charge in [0.25, 0.3) is 0 Å². The molecule has 1 aliphatic rings. The van der Waals surface area contributed by atoms with Crippen molar-refractivity contribution >= 4 is 11.8 Å². The van der Waals surface area contributed by atoms with Crippen molar-refractivity contribution in [3.63, 3.8) is 0 Å². The second kappa shape index (κ2) is 5.48. The predicted molar refractivity (Wildman–Crippen MR) is 54.1 cm³/mol. The van der Waals surface area contributed by atoms with Crippen LogP contribution in [0.3, 0.4) is 0 Å². The number of hydrogen-bond donors (Lipinski definition) is 1. The fourth-order valence-electron chi connectivity index (χ4n) is 1.74. The summed E-state index contributed by atoms with van der Waals surface area (Å²) in [5, 5.41) is 2.69. The van der Waals surface area contributed by atoms with Crippen LogP contribution in [0, 0.1) is 0 Å². The van der Waals surface area contributed by atoms with E-state index in [1.807, 2.05) is 0 Å². The number of hydrogen-bond acceptors (Lipinski definition) is 3. The summed E-state index contributed by atoms with van der Waals surface area (Å²) in [7, 11) is 0. The molecule has 4 nitrogen and oxygen atoms in total. The SMILES string of the molecule is CCN1C(=O)CC(NCCCC(F)(F)F)C1=O. The average molecular weight is 252 g/mol. The van der Waals surface area contributed by atoms with Crippen molar-refractivity contribution < 1.29 is 22.8 Å². The maximum Gasteiger partial charge on any atom is 0.389 e. The Bertz CT molecular complexity index is 304. The van der Waals surface area contributed by atoms with Crippen molar-refractivity contribution in [2.45, 2.75) is 38.4 Å². The van der Waals surface area contributed by atoms with Gasteiger partial charge in [-0.15, -0.1) is 0 Å². The number of halogens is 3. The molecule has 1 unspecified atom stereocenters. The molecule has 1 N–H and O–H groups in total. The lowest BCUT2D eigenvalue weighted by molar-refractivity contribution is -0.138. The Kier molecular flexibility index (Phi) is 4.50.